The zero-order valence-electron chi connectivity index (χ0n) is 14.0. The molecule has 0 bridgehead atoms. The first-order valence-electron chi connectivity index (χ1n) is 8.52. The van der Waals surface area contributed by atoms with Gasteiger partial charge in [0.1, 0.15) is 0 Å². The van der Waals surface area contributed by atoms with Gasteiger partial charge in [0.2, 0.25) is 0 Å². The van der Waals surface area contributed by atoms with E-state index in [9.17, 15) is 0 Å². The van der Waals surface area contributed by atoms with Crippen molar-refractivity contribution in [2.24, 2.45) is 5.92 Å². The van der Waals surface area contributed by atoms with Crippen LogP contribution in [-0.4, -0.2) is 62.7 Å². The number of para-hydroxylation sites is 1. The molecule has 0 N–H and O–H groups in total. The van der Waals surface area contributed by atoms with Gasteiger partial charge < -0.3 is 14.7 Å². The maximum Gasteiger partial charge on any atom is 0.0366 e. The molecular weight excluding hydrogens is 258 g/mol. The normalized spacial score (nSPS) is 23.8. The summed E-state index contributed by atoms with van der Waals surface area (Å²) in [6.07, 6.45) is 1.35. The topological polar surface area (TPSA) is 9.72 Å². The first-order valence-corrected chi connectivity index (χ1v) is 8.52. The number of piperazine rings is 1. The van der Waals surface area contributed by atoms with Crippen molar-refractivity contribution in [1.82, 2.24) is 9.80 Å². The van der Waals surface area contributed by atoms with E-state index >= 15 is 0 Å². The van der Waals surface area contributed by atoms with Gasteiger partial charge in [-0.15, -0.1) is 0 Å². The average Bonchev–Trinajstić information content (AvgIpc) is 3.01. The van der Waals surface area contributed by atoms with Crippen LogP contribution in [0.25, 0.3) is 0 Å². The van der Waals surface area contributed by atoms with E-state index in [1.54, 1.807) is 0 Å². The van der Waals surface area contributed by atoms with E-state index in [1.165, 1.54) is 57.9 Å². The van der Waals surface area contributed by atoms with Crippen molar-refractivity contribution in [2.75, 3.05) is 57.8 Å². The lowest BCUT2D eigenvalue weighted by atomic mass is 10.1. The number of hydrogen-bond donors (Lipinski definition) is 0. The van der Waals surface area contributed by atoms with Gasteiger partial charge in [0, 0.05) is 51.5 Å². The van der Waals surface area contributed by atoms with E-state index in [4.69, 9.17) is 0 Å². The fourth-order valence-corrected chi connectivity index (χ4v) is 3.25. The molecule has 21 heavy (non-hydrogen) atoms. The van der Waals surface area contributed by atoms with Crippen LogP contribution in [0.4, 0.5) is 5.69 Å². The van der Waals surface area contributed by atoms with Gasteiger partial charge >= 0.3 is 0 Å². The Morgan fingerprint density at radius 1 is 0.952 bits per heavy atom. The van der Waals surface area contributed by atoms with E-state index in [0.717, 1.165) is 5.92 Å². The molecule has 2 saturated heterocycles. The van der Waals surface area contributed by atoms with Crippen LogP contribution in [0.15, 0.2) is 30.3 Å². The minimum atomic E-state index is 0.851. The van der Waals surface area contributed by atoms with Crippen LogP contribution >= 0.6 is 0 Å². The zero-order chi connectivity index (χ0) is 15.1. The number of nitrogens with zero attached hydrogens (tertiary/aromatic N) is 3. The standard InChI is InChI=1S/C16H25N3.C2H6/c1-17-9-11-18(12-10-17)13-15-7-8-19(14-15)16-5-3-2-4-6-16;1-2/h2-6,15H,7-14H2,1H3;1-2H3. The van der Waals surface area contributed by atoms with Crippen LogP contribution in [0.1, 0.15) is 20.3 Å². The summed E-state index contributed by atoms with van der Waals surface area (Å²) in [7, 11) is 2.23. The Morgan fingerprint density at radius 3 is 2.29 bits per heavy atom. The molecule has 3 nitrogen and oxygen atoms in total. The molecule has 0 saturated carbocycles. The molecule has 1 aromatic carbocycles. The number of benzene rings is 1. The highest BCUT2D eigenvalue weighted by molar-refractivity contribution is 5.46. The lowest BCUT2D eigenvalue weighted by molar-refractivity contribution is 0.139. The summed E-state index contributed by atoms with van der Waals surface area (Å²) < 4.78 is 0. The van der Waals surface area contributed by atoms with Crippen molar-refractivity contribution < 1.29 is 0 Å². The quantitative estimate of drug-likeness (QED) is 0.847. The lowest BCUT2D eigenvalue weighted by Crippen LogP contribution is -2.46. The Labute approximate surface area is 130 Å². The second kappa shape index (κ2) is 8.40. The molecule has 0 spiro atoms. The van der Waals surface area contributed by atoms with Crippen LogP contribution in [0.2, 0.25) is 0 Å². The second-order valence-electron chi connectivity index (χ2n) is 6.04. The Hall–Kier alpha value is -1.06. The summed E-state index contributed by atoms with van der Waals surface area (Å²) in [5.74, 6) is 0.851. The molecule has 2 fully saturated rings. The van der Waals surface area contributed by atoms with E-state index in [-0.39, 0.29) is 0 Å². The largest absolute Gasteiger partial charge is 0.371 e. The van der Waals surface area contributed by atoms with Crippen molar-refractivity contribution in [3.05, 3.63) is 30.3 Å². The van der Waals surface area contributed by atoms with Gasteiger partial charge in [-0.25, -0.2) is 0 Å². The Morgan fingerprint density at radius 2 is 1.62 bits per heavy atom. The van der Waals surface area contributed by atoms with Gasteiger partial charge in [-0.1, -0.05) is 32.0 Å². The monoisotopic (exact) mass is 289 g/mol. The van der Waals surface area contributed by atoms with E-state index < -0.39 is 0 Å². The molecular formula is C18H31N3. The molecule has 0 aromatic heterocycles. The number of likely N-dealkylation sites (N-methyl/N-ethyl adjacent to an activating group) is 1. The Bertz CT molecular complexity index is 385. The minimum absolute atomic E-state index is 0.851. The molecule has 1 atom stereocenters. The maximum atomic E-state index is 2.65. The first kappa shape index (κ1) is 16.3. The minimum Gasteiger partial charge on any atom is -0.371 e. The van der Waals surface area contributed by atoms with Crippen molar-refractivity contribution in [3.8, 4) is 0 Å². The predicted octanol–water partition coefficient (Wildman–Crippen LogP) is 2.79. The maximum absolute atomic E-state index is 2.65. The number of hydrogen-bond acceptors (Lipinski definition) is 3. The summed E-state index contributed by atoms with van der Waals surface area (Å²) in [6, 6.07) is 10.9. The van der Waals surface area contributed by atoms with Crippen LogP contribution < -0.4 is 4.90 Å². The van der Waals surface area contributed by atoms with Gasteiger partial charge in [-0.3, -0.25) is 0 Å². The van der Waals surface area contributed by atoms with Gasteiger partial charge in [-0.05, 0) is 31.5 Å². The molecule has 2 aliphatic rings. The Kier molecular flexibility index (Phi) is 6.52. The van der Waals surface area contributed by atoms with E-state index in [1.807, 2.05) is 13.8 Å². The third-order valence-corrected chi connectivity index (χ3v) is 4.52. The molecule has 3 heteroatoms. The highest BCUT2D eigenvalue weighted by atomic mass is 15.3. The highest BCUT2D eigenvalue weighted by Crippen LogP contribution is 2.24. The molecule has 1 unspecified atom stereocenters. The third-order valence-electron chi connectivity index (χ3n) is 4.52. The predicted molar refractivity (Wildman–Crippen MR) is 92.0 cm³/mol. The van der Waals surface area contributed by atoms with Crippen LogP contribution in [0.5, 0.6) is 0 Å². The van der Waals surface area contributed by atoms with Crippen molar-refractivity contribution in [2.45, 2.75) is 20.3 Å². The Balaban J connectivity index is 0.000000774. The molecule has 2 aliphatic heterocycles. The summed E-state index contributed by atoms with van der Waals surface area (Å²) >= 11 is 0. The summed E-state index contributed by atoms with van der Waals surface area (Å²) in [6.45, 7) is 12.7. The molecule has 3 rings (SSSR count). The van der Waals surface area contributed by atoms with Gasteiger partial charge in [0.05, 0.1) is 0 Å². The molecule has 118 valence electrons. The summed E-state index contributed by atoms with van der Waals surface area (Å²) in [5, 5.41) is 0. The van der Waals surface area contributed by atoms with Crippen molar-refractivity contribution in [1.29, 1.82) is 0 Å². The molecule has 0 amide bonds. The number of rotatable bonds is 3. The third kappa shape index (κ3) is 4.72. The first-order chi connectivity index (χ1) is 10.3. The fraction of sp³-hybridized carbons (Fsp3) is 0.667. The van der Waals surface area contributed by atoms with E-state index in [2.05, 4.69) is 52.1 Å². The molecule has 1 aromatic rings. The smallest absolute Gasteiger partial charge is 0.0366 e. The number of anilines is 1. The molecule has 0 aliphatic carbocycles. The second-order valence-corrected chi connectivity index (χ2v) is 6.04. The van der Waals surface area contributed by atoms with Gasteiger partial charge in [-0.2, -0.15) is 0 Å². The molecule has 2 heterocycles. The molecule has 0 radical (unpaired) electrons. The highest BCUT2D eigenvalue weighted by Gasteiger charge is 2.25. The van der Waals surface area contributed by atoms with Crippen LogP contribution in [0.3, 0.4) is 0 Å². The van der Waals surface area contributed by atoms with Gasteiger partial charge in [0.15, 0.2) is 0 Å². The van der Waals surface area contributed by atoms with E-state index in [0.29, 0.717) is 0 Å². The zero-order valence-corrected chi connectivity index (χ0v) is 14.0. The SMILES string of the molecule is CC.CN1CCN(CC2CCN(c3ccccc3)C2)CC1. The van der Waals surface area contributed by atoms with Crippen molar-refractivity contribution >= 4 is 5.69 Å². The van der Waals surface area contributed by atoms with Crippen LogP contribution in [-0.2, 0) is 0 Å². The van der Waals surface area contributed by atoms with Crippen LogP contribution in [0, 0.1) is 5.92 Å². The summed E-state index contributed by atoms with van der Waals surface area (Å²) in [5.41, 5.74) is 1.39. The lowest BCUT2D eigenvalue weighted by Gasteiger charge is -2.33. The van der Waals surface area contributed by atoms with Crippen molar-refractivity contribution in [3.63, 3.8) is 0 Å². The fourth-order valence-electron chi connectivity index (χ4n) is 3.25. The average molecular weight is 289 g/mol. The summed E-state index contributed by atoms with van der Waals surface area (Å²) in [4.78, 5) is 7.63. The van der Waals surface area contributed by atoms with Gasteiger partial charge in [0.25, 0.3) is 0 Å².